The number of hydrogen-bond acceptors (Lipinski definition) is 8. The van der Waals surface area contributed by atoms with Crippen molar-refractivity contribution in [2.75, 3.05) is 31.9 Å². The van der Waals surface area contributed by atoms with E-state index in [1.165, 1.54) is 27.2 Å². The standard InChI is InChI=1S/C22H26ClN3O6/c1-6-31-19-10-8-9-16(21(19)32-7-2)24-25-20(14(3)27)22(28)26(23)17-13-15(29-4)11-12-18(17)30-5/h8-13,20H,6-7H2,1-5H3. The second-order valence-corrected chi connectivity index (χ2v) is 6.69. The first kappa shape index (κ1) is 24.9. The molecule has 0 fully saturated rings. The molecule has 1 atom stereocenters. The van der Waals surface area contributed by atoms with Crippen molar-refractivity contribution in [3.63, 3.8) is 0 Å². The number of methoxy groups -OCH3 is 2. The van der Waals surface area contributed by atoms with E-state index in [9.17, 15) is 9.59 Å². The summed E-state index contributed by atoms with van der Waals surface area (Å²) in [4.78, 5) is 25.2. The Bertz CT molecular complexity index is 982. The summed E-state index contributed by atoms with van der Waals surface area (Å²) in [6, 6.07) is 8.36. The number of Topliss-reactive ketones (excluding diaryl/α,β-unsaturated/α-hetero) is 1. The lowest BCUT2D eigenvalue weighted by molar-refractivity contribution is -0.126. The van der Waals surface area contributed by atoms with Gasteiger partial charge in [0.25, 0.3) is 5.91 Å². The number of ketones is 1. The predicted molar refractivity (Wildman–Crippen MR) is 121 cm³/mol. The molecule has 0 radical (unpaired) electrons. The van der Waals surface area contributed by atoms with Crippen LogP contribution in [0, 0.1) is 0 Å². The van der Waals surface area contributed by atoms with Gasteiger partial charge in [-0.05, 0) is 45.0 Å². The van der Waals surface area contributed by atoms with Crippen LogP contribution in [-0.2, 0) is 9.59 Å². The number of para-hydroxylation sites is 1. The Balaban J connectivity index is 2.39. The monoisotopic (exact) mass is 463 g/mol. The zero-order chi connectivity index (χ0) is 23.7. The van der Waals surface area contributed by atoms with Gasteiger partial charge in [-0.3, -0.25) is 9.59 Å². The van der Waals surface area contributed by atoms with Crippen LogP contribution < -0.4 is 23.4 Å². The highest BCUT2D eigenvalue weighted by atomic mass is 35.5. The van der Waals surface area contributed by atoms with Gasteiger partial charge in [0.2, 0.25) is 6.04 Å². The first-order chi connectivity index (χ1) is 15.4. The quantitative estimate of drug-likeness (QED) is 0.271. The number of rotatable bonds is 11. The molecular weight excluding hydrogens is 438 g/mol. The SMILES string of the molecule is CCOc1cccc(N=NC(C(C)=O)C(=O)N(Cl)c2cc(OC)ccc2OC)c1OCC. The van der Waals surface area contributed by atoms with Gasteiger partial charge in [0.1, 0.15) is 22.9 Å². The lowest BCUT2D eigenvalue weighted by Gasteiger charge is -2.19. The number of carbonyl (C=O) groups is 2. The third kappa shape index (κ3) is 5.88. The second-order valence-electron chi connectivity index (χ2n) is 6.36. The van der Waals surface area contributed by atoms with Gasteiger partial charge in [-0.1, -0.05) is 6.07 Å². The van der Waals surface area contributed by atoms with Crippen LogP contribution in [0.25, 0.3) is 0 Å². The molecule has 32 heavy (non-hydrogen) atoms. The van der Waals surface area contributed by atoms with E-state index in [1.54, 1.807) is 30.3 Å². The molecule has 0 saturated heterocycles. The molecule has 2 aromatic rings. The van der Waals surface area contributed by atoms with E-state index in [2.05, 4.69) is 10.2 Å². The van der Waals surface area contributed by atoms with Gasteiger partial charge in [-0.25, -0.2) is 4.42 Å². The molecule has 0 heterocycles. The average molecular weight is 464 g/mol. The number of nitrogens with zero attached hydrogens (tertiary/aromatic N) is 3. The summed E-state index contributed by atoms with van der Waals surface area (Å²) in [6.07, 6.45) is 0. The third-order valence-corrected chi connectivity index (χ3v) is 4.59. The molecule has 0 aliphatic heterocycles. The van der Waals surface area contributed by atoms with Crippen molar-refractivity contribution in [3.05, 3.63) is 36.4 Å². The summed E-state index contributed by atoms with van der Waals surface area (Å²) in [6.45, 7) is 5.69. The van der Waals surface area contributed by atoms with Crippen molar-refractivity contribution >= 4 is 34.8 Å². The molecule has 0 aliphatic carbocycles. The fourth-order valence-electron chi connectivity index (χ4n) is 2.74. The molecule has 2 aromatic carbocycles. The van der Waals surface area contributed by atoms with Crippen molar-refractivity contribution in [2.45, 2.75) is 26.8 Å². The molecule has 9 nitrogen and oxygen atoms in total. The summed E-state index contributed by atoms with van der Waals surface area (Å²) in [7, 11) is 2.91. The minimum atomic E-state index is -1.48. The number of amides is 1. The number of carbonyl (C=O) groups excluding carboxylic acids is 2. The fraction of sp³-hybridized carbons (Fsp3) is 0.364. The molecule has 0 N–H and O–H groups in total. The van der Waals surface area contributed by atoms with Crippen LogP contribution in [0.4, 0.5) is 11.4 Å². The number of hydrogen-bond donors (Lipinski definition) is 0. The molecule has 0 spiro atoms. The van der Waals surface area contributed by atoms with Crippen LogP contribution in [0.15, 0.2) is 46.6 Å². The zero-order valence-electron chi connectivity index (χ0n) is 18.6. The third-order valence-electron chi connectivity index (χ3n) is 4.24. The van der Waals surface area contributed by atoms with Gasteiger partial charge in [0.05, 0.1) is 27.4 Å². The Morgan fingerprint density at radius 2 is 1.75 bits per heavy atom. The van der Waals surface area contributed by atoms with Crippen molar-refractivity contribution in [1.29, 1.82) is 0 Å². The van der Waals surface area contributed by atoms with Crippen LogP contribution in [0.5, 0.6) is 23.0 Å². The van der Waals surface area contributed by atoms with E-state index in [0.29, 0.717) is 41.9 Å². The van der Waals surface area contributed by atoms with E-state index >= 15 is 0 Å². The van der Waals surface area contributed by atoms with Crippen molar-refractivity contribution in [2.24, 2.45) is 10.2 Å². The predicted octanol–water partition coefficient (Wildman–Crippen LogP) is 4.73. The van der Waals surface area contributed by atoms with Gasteiger partial charge >= 0.3 is 0 Å². The van der Waals surface area contributed by atoms with Gasteiger partial charge in [0, 0.05) is 17.8 Å². The Hall–Kier alpha value is -3.33. The summed E-state index contributed by atoms with van der Waals surface area (Å²) < 4.78 is 22.4. The number of halogens is 1. The van der Waals surface area contributed by atoms with E-state index in [-0.39, 0.29) is 5.69 Å². The molecule has 10 heteroatoms. The minimum Gasteiger partial charge on any atom is -0.497 e. The summed E-state index contributed by atoms with van der Waals surface area (Å²) >= 11 is 6.29. The van der Waals surface area contributed by atoms with Crippen LogP contribution in [-0.4, -0.2) is 45.2 Å². The fourth-order valence-corrected chi connectivity index (χ4v) is 2.97. The number of azo groups is 1. The minimum absolute atomic E-state index is 0.202. The van der Waals surface area contributed by atoms with E-state index < -0.39 is 17.7 Å². The first-order valence-corrected chi connectivity index (χ1v) is 10.2. The van der Waals surface area contributed by atoms with Gasteiger partial charge in [-0.2, -0.15) is 10.2 Å². The molecule has 2 rings (SSSR count). The summed E-state index contributed by atoms with van der Waals surface area (Å²) in [5.74, 6) is 0.286. The number of benzene rings is 2. The van der Waals surface area contributed by atoms with E-state index in [4.69, 9.17) is 30.7 Å². The molecule has 172 valence electrons. The highest BCUT2D eigenvalue weighted by molar-refractivity contribution is 6.39. The van der Waals surface area contributed by atoms with Gasteiger partial charge in [0.15, 0.2) is 17.3 Å². The number of anilines is 1. The van der Waals surface area contributed by atoms with Gasteiger partial charge in [-0.15, -0.1) is 0 Å². The Morgan fingerprint density at radius 3 is 2.34 bits per heavy atom. The maximum atomic E-state index is 13.0. The topological polar surface area (TPSA) is 99.0 Å². The van der Waals surface area contributed by atoms with Crippen LogP contribution in [0.3, 0.4) is 0 Å². The molecule has 0 bridgehead atoms. The Morgan fingerprint density at radius 1 is 1.03 bits per heavy atom. The maximum Gasteiger partial charge on any atom is 0.276 e. The van der Waals surface area contributed by atoms with Crippen LogP contribution in [0.2, 0.25) is 0 Å². The molecule has 1 amide bonds. The second kappa shape index (κ2) is 11.9. The molecular formula is C22H26ClN3O6. The molecule has 0 aliphatic rings. The van der Waals surface area contributed by atoms with Crippen molar-refractivity contribution < 1.29 is 28.5 Å². The molecule has 0 saturated carbocycles. The highest BCUT2D eigenvalue weighted by Gasteiger charge is 2.30. The lowest BCUT2D eigenvalue weighted by Crippen LogP contribution is -2.36. The normalized spacial score (nSPS) is 11.7. The van der Waals surface area contributed by atoms with Crippen molar-refractivity contribution in [3.8, 4) is 23.0 Å². The van der Waals surface area contributed by atoms with E-state index in [0.717, 1.165) is 4.42 Å². The highest BCUT2D eigenvalue weighted by Crippen LogP contribution is 2.38. The Kier molecular flexibility index (Phi) is 9.27. The van der Waals surface area contributed by atoms with E-state index in [1.807, 2.05) is 13.8 Å². The molecule has 1 unspecified atom stereocenters. The molecule has 0 aromatic heterocycles. The average Bonchev–Trinajstić information content (AvgIpc) is 2.79. The van der Waals surface area contributed by atoms with Gasteiger partial charge < -0.3 is 18.9 Å². The van der Waals surface area contributed by atoms with Crippen LogP contribution in [0.1, 0.15) is 20.8 Å². The van der Waals surface area contributed by atoms with Crippen LogP contribution >= 0.6 is 11.8 Å². The first-order valence-electron chi connectivity index (χ1n) is 9.89. The largest absolute Gasteiger partial charge is 0.497 e. The Labute approximate surface area is 192 Å². The van der Waals surface area contributed by atoms with Crippen molar-refractivity contribution in [1.82, 2.24) is 0 Å². The smallest absolute Gasteiger partial charge is 0.276 e. The summed E-state index contributed by atoms with van der Waals surface area (Å²) in [5.41, 5.74) is 0.519. The maximum absolute atomic E-state index is 13.0. The lowest BCUT2D eigenvalue weighted by atomic mass is 10.2. The zero-order valence-corrected chi connectivity index (χ0v) is 19.4. The number of ether oxygens (including phenoxy) is 4. The summed E-state index contributed by atoms with van der Waals surface area (Å²) in [5, 5.41) is 8.07.